The lowest BCUT2D eigenvalue weighted by Gasteiger charge is -2.13. The third-order valence-corrected chi connectivity index (χ3v) is 2.57. The number of oxazole rings is 1. The number of benzene rings is 1. The maximum Gasteiger partial charge on any atom is 0.360 e. The van der Waals surface area contributed by atoms with Crippen molar-refractivity contribution in [2.75, 3.05) is 18.6 Å². The summed E-state index contributed by atoms with van der Waals surface area (Å²) in [6.45, 7) is 2.73. The number of carbonyl (C=O) groups excluding carboxylic acids is 1. The number of rotatable bonds is 5. The van der Waals surface area contributed by atoms with E-state index in [4.69, 9.17) is 9.15 Å². The van der Waals surface area contributed by atoms with E-state index in [0.717, 1.165) is 5.56 Å². The lowest BCUT2D eigenvalue weighted by molar-refractivity contribution is 0.0519. The molecule has 2 aromatic rings. The van der Waals surface area contributed by atoms with Crippen LogP contribution in [0.5, 0.6) is 0 Å². The lowest BCUT2D eigenvalue weighted by atomic mass is 10.2. The van der Waals surface area contributed by atoms with E-state index < -0.39 is 5.97 Å². The Labute approximate surface area is 111 Å². The van der Waals surface area contributed by atoms with Gasteiger partial charge in [0.1, 0.15) is 6.26 Å². The smallest absolute Gasteiger partial charge is 0.360 e. The third-order valence-electron chi connectivity index (χ3n) is 2.57. The summed E-state index contributed by atoms with van der Waals surface area (Å²) in [5, 5.41) is 0. The first-order chi connectivity index (χ1) is 9.20. The number of hydrogen-bond donors (Lipinski definition) is 0. The highest BCUT2D eigenvalue weighted by atomic mass is 16.5. The Morgan fingerprint density at radius 3 is 2.79 bits per heavy atom. The minimum Gasteiger partial charge on any atom is -0.461 e. The highest BCUT2D eigenvalue weighted by Crippen LogP contribution is 2.15. The van der Waals surface area contributed by atoms with Crippen molar-refractivity contribution in [3.8, 4) is 0 Å². The maximum absolute atomic E-state index is 11.5. The van der Waals surface area contributed by atoms with Gasteiger partial charge in [0.05, 0.1) is 6.61 Å². The molecule has 5 heteroatoms. The summed E-state index contributed by atoms with van der Waals surface area (Å²) >= 11 is 0. The minimum atomic E-state index is -0.467. The van der Waals surface area contributed by atoms with Gasteiger partial charge in [0.15, 0.2) is 5.69 Å². The van der Waals surface area contributed by atoms with E-state index in [1.54, 1.807) is 6.92 Å². The Hall–Kier alpha value is -2.30. The largest absolute Gasteiger partial charge is 0.461 e. The van der Waals surface area contributed by atoms with Gasteiger partial charge in [-0.1, -0.05) is 30.3 Å². The molecule has 0 fully saturated rings. The van der Waals surface area contributed by atoms with E-state index in [1.165, 1.54) is 6.26 Å². The van der Waals surface area contributed by atoms with Crippen molar-refractivity contribution in [2.24, 2.45) is 0 Å². The van der Waals surface area contributed by atoms with Crippen molar-refractivity contribution in [1.29, 1.82) is 0 Å². The first kappa shape index (κ1) is 13.1. The Morgan fingerprint density at radius 1 is 1.37 bits per heavy atom. The van der Waals surface area contributed by atoms with Gasteiger partial charge in [-0.05, 0) is 12.5 Å². The van der Waals surface area contributed by atoms with Crippen LogP contribution in [0.1, 0.15) is 23.0 Å². The van der Waals surface area contributed by atoms with Gasteiger partial charge >= 0.3 is 5.97 Å². The molecule has 5 nitrogen and oxygen atoms in total. The SMILES string of the molecule is CCOC(=O)c1coc(N(C)Cc2ccccc2)n1. The van der Waals surface area contributed by atoms with Crippen LogP contribution in [0.25, 0.3) is 0 Å². The van der Waals surface area contributed by atoms with Crippen molar-refractivity contribution in [3.05, 3.63) is 47.9 Å². The summed E-state index contributed by atoms with van der Waals surface area (Å²) in [4.78, 5) is 17.4. The second-order valence-electron chi connectivity index (χ2n) is 4.08. The van der Waals surface area contributed by atoms with E-state index >= 15 is 0 Å². The van der Waals surface area contributed by atoms with Crippen LogP contribution >= 0.6 is 0 Å². The Kier molecular flexibility index (Phi) is 4.18. The molecule has 0 N–H and O–H groups in total. The van der Waals surface area contributed by atoms with E-state index in [9.17, 15) is 4.79 Å². The maximum atomic E-state index is 11.5. The van der Waals surface area contributed by atoms with Crippen LogP contribution in [0.15, 0.2) is 41.0 Å². The normalized spacial score (nSPS) is 10.2. The first-order valence-electron chi connectivity index (χ1n) is 6.08. The van der Waals surface area contributed by atoms with Crippen molar-refractivity contribution in [2.45, 2.75) is 13.5 Å². The average molecular weight is 260 g/mol. The highest BCUT2D eigenvalue weighted by molar-refractivity contribution is 5.87. The summed E-state index contributed by atoms with van der Waals surface area (Å²) in [5.74, 6) is -0.467. The van der Waals surface area contributed by atoms with Crippen LogP contribution in [0, 0.1) is 0 Å². The van der Waals surface area contributed by atoms with E-state index in [1.807, 2.05) is 42.3 Å². The summed E-state index contributed by atoms with van der Waals surface area (Å²) in [6.07, 6.45) is 1.31. The quantitative estimate of drug-likeness (QED) is 0.773. The molecule has 0 atom stereocenters. The molecule has 0 amide bonds. The van der Waals surface area contributed by atoms with Crippen LogP contribution in [0.4, 0.5) is 6.01 Å². The zero-order valence-electron chi connectivity index (χ0n) is 11.0. The van der Waals surface area contributed by atoms with Gasteiger partial charge in [-0.3, -0.25) is 0 Å². The predicted octanol–water partition coefficient (Wildman–Crippen LogP) is 2.49. The van der Waals surface area contributed by atoms with E-state index in [0.29, 0.717) is 19.2 Å². The first-order valence-corrected chi connectivity index (χ1v) is 6.08. The molecule has 0 radical (unpaired) electrons. The molecule has 0 aliphatic heterocycles. The van der Waals surface area contributed by atoms with Crippen LogP contribution < -0.4 is 4.90 Å². The molecule has 2 rings (SSSR count). The van der Waals surface area contributed by atoms with Gasteiger partial charge in [0, 0.05) is 13.6 Å². The number of esters is 1. The Morgan fingerprint density at radius 2 is 2.11 bits per heavy atom. The molecule has 0 bridgehead atoms. The fourth-order valence-corrected chi connectivity index (χ4v) is 1.66. The lowest BCUT2D eigenvalue weighted by Crippen LogP contribution is -2.17. The topological polar surface area (TPSA) is 55.6 Å². The van der Waals surface area contributed by atoms with Gasteiger partial charge < -0.3 is 14.1 Å². The molecule has 1 heterocycles. The van der Waals surface area contributed by atoms with Crippen LogP contribution in [-0.2, 0) is 11.3 Å². The predicted molar refractivity (Wildman–Crippen MR) is 71.0 cm³/mol. The molecule has 1 aromatic carbocycles. The number of carbonyl (C=O) groups is 1. The fourth-order valence-electron chi connectivity index (χ4n) is 1.66. The number of nitrogens with zero attached hydrogens (tertiary/aromatic N) is 2. The molecule has 0 saturated carbocycles. The van der Waals surface area contributed by atoms with Crippen molar-refractivity contribution >= 4 is 12.0 Å². The molecular weight excluding hydrogens is 244 g/mol. The number of aromatic nitrogens is 1. The summed E-state index contributed by atoms with van der Waals surface area (Å²) < 4.78 is 10.1. The molecular formula is C14H16N2O3. The Bertz CT molecular complexity index is 537. The number of hydrogen-bond acceptors (Lipinski definition) is 5. The van der Waals surface area contributed by atoms with Gasteiger partial charge in [-0.15, -0.1) is 0 Å². The molecule has 0 aliphatic carbocycles. The molecule has 0 spiro atoms. The zero-order valence-corrected chi connectivity index (χ0v) is 11.0. The molecule has 0 aliphatic rings. The number of anilines is 1. The summed E-state index contributed by atoms with van der Waals surface area (Å²) in [6, 6.07) is 10.4. The minimum absolute atomic E-state index is 0.191. The second-order valence-corrected chi connectivity index (χ2v) is 4.08. The summed E-state index contributed by atoms with van der Waals surface area (Å²) in [7, 11) is 1.85. The van der Waals surface area contributed by atoms with Crippen molar-refractivity contribution < 1.29 is 13.9 Å². The van der Waals surface area contributed by atoms with Gasteiger partial charge in [0.25, 0.3) is 6.01 Å². The zero-order chi connectivity index (χ0) is 13.7. The standard InChI is InChI=1S/C14H16N2O3/c1-3-18-13(17)12-10-19-14(15-12)16(2)9-11-7-5-4-6-8-11/h4-8,10H,3,9H2,1-2H3. The van der Waals surface area contributed by atoms with Gasteiger partial charge in [-0.25, -0.2) is 4.79 Å². The van der Waals surface area contributed by atoms with Crippen molar-refractivity contribution in [3.63, 3.8) is 0 Å². The molecule has 0 saturated heterocycles. The third kappa shape index (κ3) is 3.34. The van der Waals surface area contributed by atoms with Gasteiger partial charge in [0.2, 0.25) is 0 Å². The van der Waals surface area contributed by atoms with E-state index in [2.05, 4.69) is 4.98 Å². The Balaban J connectivity index is 2.04. The van der Waals surface area contributed by atoms with Crippen LogP contribution in [0.3, 0.4) is 0 Å². The monoisotopic (exact) mass is 260 g/mol. The van der Waals surface area contributed by atoms with Crippen molar-refractivity contribution in [1.82, 2.24) is 4.98 Å². The van der Waals surface area contributed by atoms with Crippen LogP contribution in [0.2, 0.25) is 0 Å². The molecule has 0 unspecified atom stereocenters. The highest BCUT2D eigenvalue weighted by Gasteiger charge is 2.15. The average Bonchev–Trinajstić information content (AvgIpc) is 2.90. The number of ether oxygens (including phenoxy) is 1. The second kappa shape index (κ2) is 6.04. The molecule has 19 heavy (non-hydrogen) atoms. The molecule has 1 aromatic heterocycles. The summed E-state index contributed by atoms with van der Waals surface area (Å²) in [5.41, 5.74) is 1.33. The van der Waals surface area contributed by atoms with E-state index in [-0.39, 0.29) is 5.69 Å². The van der Waals surface area contributed by atoms with Gasteiger partial charge in [-0.2, -0.15) is 4.98 Å². The fraction of sp³-hybridized carbons (Fsp3) is 0.286. The van der Waals surface area contributed by atoms with Crippen LogP contribution in [-0.4, -0.2) is 24.6 Å². The molecule has 100 valence electrons.